The number of rotatable bonds is 35. The van der Waals surface area contributed by atoms with Crippen LogP contribution in [0.25, 0.3) is 22.0 Å². The van der Waals surface area contributed by atoms with Crippen molar-refractivity contribution in [3.05, 3.63) is 118 Å². The molecule has 26 nitrogen and oxygen atoms in total. The predicted octanol–water partition coefficient (Wildman–Crippen LogP) is 1.32. The number of hydrogen-bond acceptors (Lipinski definition) is 20. The number of carboxylic acid groups (broad SMARTS) is 2. The normalized spacial score (nSPS) is 14.3. The van der Waals surface area contributed by atoms with Crippen LogP contribution in [0.3, 0.4) is 0 Å². The molecule has 1 aliphatic heterocycles. The fourth-order valence-corrected chi connectivity index (χ4v) is 9.14. The Morgan fingerprint density at radius 1 is 0.721 bits per heavy atom. The molecule has 3 heterocycles. The molecule has 26 heteroatoms. The molecule has 0 aliphatic carbocycles. The Balaban J connectivity index is 0.000000316. The maximum Gasteiger partial charge on any atom is 0.322 e. The molecule has 1 unspecified atom stereocenters. The molecule has 2 aromatic heterocycles. The summed E-state index contributed by atoms with van der Waals surface area (Å²) in [6, 6.07) is 20.6. The summed E-state index contributed by atoms with van der Waals surface area (Å²) < 4.78 is 23.0. The number of aromatic amines is 1. The average molecular weight is 1200 g/mol. The van der Waals surface area contributed by atoms with Crippen molar-refractivity contribution in [1.29, 1.82) is 0 Å². The number of aromatic nitrogens is 3. The Morgan fingerprint density at radius 2 is 1.31 bits per heavy atom. The number of H-pyrrole nitrogens is 1. The van der Waals surface area contributed by atoms with Crippen molar-refractivity contribution in [3.8, 4) is 11.1 Å². The Kier molecular flexibility index (Phi) is 31.9. The van der Waals surface area contributed by atoms with Gasteiger partial charge in [-0.1, -0.05) is 68.4 Å². The van der Waals surface area contributed by atoms with Gasteiger partial charge in [-0.05, 0) is 59.3 Å². The Labute approximate surface area is 502 Å². The minimum atomic E-state index is -1.53. The van der Waals surface area contributed by atoms with E-state index in [1.807, 2.05) is 51.1 Å². The number of nitrogens with one attached hydrogen (secondary N) is 6. The van der Waals surface area contributed by atoms with Crippen LogP contribution in [0.1, 0.15) is 53.7 Å². The summed E-state index contributed by atoms with van der Waals surface area (Å²) in [5.41, 5.74) is 5.43. The van der Waals surface area contributed by atoms with Crippen LogP contribution in [0.15, 0.2) is 90.1 Å². The number of carbonyl (C=O) groups is 5. The molecule has 1 atom stereocenters. The van der Waals surface area contributed by atoms with Gasteiger partial charge in [-0.25, -0.2) is 4.98 Å². The van der Waals surface area contributed by atoms with E-state index >= 15 is 0 Å². The maximum absolute atomic E-state index is 13.2. The molecule has 3 aromatic carbocycles. The van der Waals surface area contributed by atoms with E-state index in [9.17, 15) is 49.2 Å². The number of carbonyl (C=O) groups excluding carboxylic acids is 3. The number of carboxylic acids is 2. The number of fused-ring (bicyclic) bond motifs is 1. The van der Waals surface area contributed by atoms with Crippen molar-refractivity contribution in [2.75, 3.05) is 143 Å². The van der Waals surface area contributed by atoms with E-state index < -0.39 is 35.6 Å². The number of β-amino-alcohol motifs (C(OH)–C–C–N with tert-alkyl or cyclic N) is 2. The van der Waals surface area contributed by atoms with Crippen molar-refractivity contribution < 1.29 is 63.3 Å². The lowest BCUT2D eigenvalue weighted by molar-refractivity contribution is -0.140. The van der Waals surface area contributed by atoms with Gasteiger partial charge in [0.2, 0.25) is 11.3 Å². The van der Waals surface area contributed by atoms with Crippen molar-refractivity contribution in [3.63, 3.8) is 0 Å². The fraction of sp³-hybridized carbons (Fsp3) is 0.517. The number of benzene rings is 3. The lowest BCUT2D eigenvalue weighted by Crippen LogP contribution is -2.49. The van der Waals surface area contributed by atoms with E-state index in [-0.39, 0.29) is 44.4 Å². The van der Waals surface area contributed by atoms with E-state index in [2.05, 4.69) is 74.7 Å². The van der Waals surface area contributed by atoms with E-state index in [4.69, 9.17) is 18.9 Å². The summed E-state index contributed by atoms with van der Waals surface area (Å²) >= 11 is 0. The van der Waals surface area contributed by atoms with E-state index in [0.717, 1.165) is 48.4 Å². The second kappa shape index (κ2) is 39.5. The van der Waals surface area contributed by atoms with Gasteiger partial charge in [0.15, 0.2) is 12.2 Å². The molecule has 1 aliphatic rings. The zero-order valence-electron chi connectivity index (χ0n) is 49.8. The van der Waals surface area contributed by atoms with E-state index in [0.29, 0.717) is 135 Å². The smallest absolute Gasteiger partial charge is 0.322 e. The highest BCUT2D eigenvalue weighted by molar-refractivity contribution is 5.97. The second-order valence-corrected chi connectivity index (χ2v) is 20.6. The number of nitrogens with zero attached hydrogens (tertiary/aromatic N) is 6. The van der Waals surface area contributed by atoms with Crippen molar-refractivity contribution in [2.45, 2.75) is 58.7 Å². The third-order valence-corrected chi connectivity index (χ3v) is 13.9. The number of pyridine rings is 1. The number of aliphatic carboxylic acids is 2. The number of ether oxygens (including phenoxy) is 4. The summed E-state index contributed by atoms with van der Waals surface area (Å²) in [5.74, 6) is -2.19. The first-order valence-corrected chi connectivity index (χ1v) is 29.2. The highest BCUT2D eigenvalue weighted by atomic mass is 16.5. The van der Waals surface area contributed by atoms with Gasteiger partial charge in [0.05, 0.1) is 45.0 Å². The molecule has 472 valence electrons. The first-order chi connectivity index (χ1) is 41.6. The van der Waals surface area contributed by atoms with Gasteiger partial charge in [-0.3, -0.25) is 53.7 Å². The fourth-order valence-electron chi connectivity index (χ4n) is 9.14. The summed E-state index contributed by atoms with van der Waals surface area (Å²) in [5, 5.41) is 53.5. The summed E-state index contributed by atoms with van der Waals surface area (Å²) in [6.07, 6.45) is 4.97. The zero-order chi connectivity index (χ0) is 61.9. The molecule has 5 aromatic rings. The molecule has 0 radical (unpaired) electrons. The molecule has 6 rings (SSSR count). The Bertz CT molecular complexity index is 2840. The maximum atomic E-state index is 13.2. The molecular weight excluding hydrogens is 1110 g/mol. The van der Waals surface area contributed by atoms with Gasteiger partial charge in [0.1, 0.15) is 18.3 Å². The number of amides is 2. The summed E-state index contributed by atoms with van der Waals surface area (Å²) in [4.78, 5) is 87.5. The van der Waals surface area contributed by atoms with Crippen molar-refractivity contribution in [2.24, 2.45) is 7.05 Å². The lowest BCUT2D eigenvalue weighted by Gasteiger charge is -2.33. The van der Waals surface area contributed by atoms with Crippen molar-refractivity contribution >= 4 is 47.1 Å². The molecule has 0 spiro atoms. The first kappa shape index (κ1) is 69.6. The number of aliphatic hydroxyl groups excluding tert-OH is 1. The Hall–Kier alpha value is -7.21. The highest BCUT2D eigenvalue weighted by Crippen LogP contribution is 2.21. The average Bonchev–Trinajstić information content (AvgIpc) is 1.10. The van der Waals surface area contributed by atoms with E-state index in [1.165, 1.54) is 11.8 Å². The SMILES string of the molecule is CCCOCCOCCOCCCNC(=O)CN1CCN(COC=O)CCN(CC(=O)O)CCN(CC(O)O)CC1.CCNCc1ccc(-c2ccc(CNC(CNC(=O)c3cn(C)c4cc(CNc5ncc[nH]5)ccc4c3=O)C(=O)O)cc2)cc1. The molecule has 0 saturated carbocycles. The predicted molar refractivity (Wildman–Crippen MR) is 324 cm³/mol. The van der Waals surface area contributed by atoms with Crippen LogP contribution in [-0.4, -0.2) is 235 Å². The van der Waals surface area contributed by atoms with Crippen LogP contribution in [0, 0.1) is 0 Å². The molecule has 0 bridgehead atoms. The van der Waals surface area contributed by atoms with Crippen LogP contribution in [-0.2, 0) is 64.8 Å². The number of aryl methyl sites for hydroxylation is 1. The summed E-state index contributed by atoms with van der Waals surface area (Å²) in [7, 11) is 1.76. The number of imidazole rings is 1. The molecule has 2 amide bonds. The van der Waals surface area contributed by atoms with Gasteiger partial charge < -0.3 is 70.2 Å². The quantitative estimate of drug-likeness (QED) is 0.0155. The third-order valence-electron chi connectivity index (χ3n) is 13.9. The van der Waals surface area contributed by atoms with Crippen LogP contribution in [0.5, 0.6) is 0 Å². The third kappa shape index (κ3) is 26.2. The summed E-state index contributed by atoms with van der Waals surface area (Å²) in [6.45, 7) is 14.4. The molecule has 1 saturated heterocycles. The minimum Gasteiger partial charge on any atom is -0.480 e. The monoisotopic (exact) mass is 1200 g/mol. The number of aliphatic hydroxyl groups is 2. The molecule has 1 fully saturated rings. The molecule has 86 heavy (non-hydrogen) atoms. The molecular formula is C60H88N12O14. The topological polar surface area (TPSA) is 327 Å². The Morgan fingerprint density at radius 3 is 1.90 bits per heavy atom. The van der Waals surface area contributed by atoms with Gasteiger partial charge in [-0.2, -0.15) is 0 Å². The number of anilines is 1. The largest absolute Gasteiger partial charge is 0.480 e. The first-order valence-electron chi connectivity index (χ1n) is 29.2. The zero-order valence-corrected chi connectivity index (χ0v) is 49.8. The molecule has 10 N–H and O–H groups in total. The van der Waals surface area contributed by atoms with Gasteiger partial charge in [0.25, 0.3) is 12.4 Å². The highest BCUT2D eigenvalue weighted by Gasteiger charge is 2.23. The number of hydrogen-bond donors (Lipinski definition) is 10. The van der Waals surface area contributed by atoms with Crippen LogP contribution < -0.4 is 32.0 Å². The second-order valence-electron chi connectivity index (χ2n) is 20.6. The lowest BCUT2D eigenvalue weighted by atomic mass is 10.0. The van der Waals surface area contributed by atoms with Crippen LogP contribution >= 0.6 is 0 Å². The van der Waals surface area contributed by atoms with Crippen molar-refractivity contribution in [1.82, 2.24) is 55.4 Å². The van der Waals surface area contributed by atoms with Crippen LogP contribution in [0.2, 0.25) is 0 Å². The minimum absolute atomic E-state index is 0.0118. The van der Waals surface area contributed by atoms with Gasteiger partial charge in [0, 0.05) is 136 Å². The van der Waals surface area contributed by atoms with E-state index in [1.54, 1.807) is 35.0 Å². The van der Waals surface area contributed by atoms with Crippen LogP contribution in [0.4, 0.5) is 5.95 Å². The van der Waals surface area contributed by atoms with Gasteiger partial charge >= 0.3 is 11.9 Å². The van der Waals surface area contributed by atoms with Gasteiger partial charge in [-0.15, -0.1) is 0 Å². The standard InChI is InChI=1S/C34H37N7O4.C26H51N5O10/c1-3-35-17-22-4-9-25(10-5-22)26-11-6-23(7-12-26)18-38-29(33(44)45)20-39-32(43)28-21-41(2)30-16-24(8-13-27(30)31(28)42)19-40-34-36-14-15-37-34;1-2-13-38-15-17-40-18-16-39-14-3-4-27-24(33)19-28-5-6-29(20-25(34)35)7-8-30(21-26(36)37)10-12-31(11-9-28)22-41-23-32/h4-16,21,29,35,38H,3,17-20H2,1-2H3,(H,39,43)(H,44,45)(H2,36,37,40);23,25,34-35H,2-22H2,1H3,(H,27,33)(H,36,37).